The molecule has 0 bridgehead atoms. The van der Waals surface area contributed by atoms with Gasteiger partial charge in [0.1, 0.15) is 11.5 Å². The van der Waals surface area contributed by atoms with Crippen molar-refractivity contribution in [2.24, 2.45) is 0 Å². The molecule has 0 aliphatic rings. The van der Waals surface area contributed by atoms with Crippen molar-refractivity contribution in [3.63, 3.8) is 0 Å². The number of rotatable bonds is 12. The van der Waals surface area contributed by atoms with Crippen LogP contribution in [0, 0.1) is 48.5 Å². The first-order valence-corrected chi connectivity index (χ1v) is 45.5. The second-order valence-corrected chi connectivity index (χ2v) is 39.9. The number of hydrogen-bond donors (Lipinski definition) is 2. The Balaban J connectivity index is 0.000000398. The fraction of sp³-hybridized carbons (Fsp3) is 0.353. The zero-order valence-corrected chi connectivity index (χ0v) is 91.4. The summed E-state index contributed by atoms with van der Waals surface area (Å²) in [4.78, 5) is 0. The average molecular weight is 2060 g/mol. The maximum absolute atomic E-state index is 11.5. The van der Waals surface area contributed by atoms with Gasteiger partial charge in [0.15, 0.2) is 0 Å². The van der Waals surface area contributed by atoms with Crippen LogP contribution in [0.3, 0.4) is 0 Å². The number of aromatic nitrogens is 4. The summed E-state index contributed by atoms with van der Waals surface area (Å²) in [6, 6.07) is 83.7. The molecule has 2 aromatic heterocycles. The van der Waals surface area contributed by atoms with Crippen LogP contribution in [0.4, 0.5) is 0 Å². The third-order valence-corrected chi connectivity index (χ3v) is 21.9. The molecule has 0 fully saturated rings. The smallest absolute Gasteiger partial charge is 0.507 e. The van der Waals surface area contributed by atoms with Gasteiger partial charge in [-0.15, -0.1) is 60.7 Å². The van der Waals surface area contributed by atoms with Crippen LogP contribution < -0.4 is 11.2 Å². The Morgan fingerprint density at radius 1 is 0.240 bits per heavy atom. The van der Waals surface area contributed by atoms with Gasteiger partial charge in [0, 0.05) is 37.1 Å². The van der Waals surface area contributed by atoms with Gasteiger partial charge in [-0.05, 0) is 197 Å². The SMILES string of the molecule is CC(C)c1cccc(C(C)C)c1-n1ccn(-c2c(C(C)C)cccc2C(C)C)c1=[N-].CC(C)c1cccc(C(C)C)c1-n1ccn(-c2c(C(C)C)cccc2C(C)C)c1=[N-].Cc1cc(C(C)(C)C)c(O)c(C(C)(C)C)c1.Cc1cc(C(C)(C)C)c(O)c(C(C)(C)C)c1.[CH2-]c1ccccc1.[CH2-]c1ccccc1.[CH2-]c1ccccc1.[CH2-]c1ccccc1.[CH2-]c1ccccc1.[Hf+4].[Hf]. The van der Waals surface area contributed by atoms with E-state index >= 15 is 0 Å². The molecular weight excluding hydrogens is 1900 g/mol. The van der Waals surface area contributed by atoms with E-state index in [4.69, 9.17) is 0 Å². The molecule has 0 saturated carbocycles. The predicted octanol–water partition coefficient (Wildman–Crippen LogP) is 32.4. The quantitative estimate of drug-likeness (QED) is 0.0940. The molecule has 2 N–H and O–H groups in total. The Kier molecular flexibility index (Phi) is 45.9. The van der Waals surface area contributed by atoms with Crippen molar-refractivity contribution < 1.29 is 61.9 Å². The molecule has 8 nitrogen and oxygen atoms in total. The van der Waals surface area contributed by atoms with E-state index in [-0.39, 0.29) is 84.6 Å². The average Bonchev–Trinajstić information content (AvgIpc) is 1.73. The molecule has 0 amide bonds. The van der Waals surface area contributed by atoms with E-state index in [0.717, 1.165) is 72.8 Å². The Labute approximate surface area is 820 Å². The van der Waals surface area contributed by atoms with Crippen LogP contribution in [0.5, 0.6) is 11.5 Å². The largest absolute Gasteiger partial charge is 4.00 e. The molecule has 0 radical (unpaired) electrons. The van der Waals surface area contributed by atoms with Gasteiger partial charge in [0.05, 0.1) is 0 Å². The molecule has 0 unspecified atom stereocenters. The molecule has 11 aromatic carbocycles. The van der Waals surface area contributed by atoms with E-state index in [9.17, 15) is 21.0 Å². The molecular formula is C119H155Hf2N6O2-3. The van der Waals surface area contributed by atoms with Crippen molar-refractivity contribution in [3.05, 3.63) is 436 Å². The van der Waals surface area contributed by atoms with E-state index in [0.29, 0.717) is 58.8 Å². The number of phenols is 2. The number of hydrogen-bond acceptors (Lipinski definition) is 2. The van der Waals surface area contributed by atoms with Crippen LogP contribution >= 0.6 is 0 Å². The molecule has 10 heteroatoms. The van der Waals surface area contributed by atoms with Gasteiger partial charge in [-0.3, -0.25) is 0 Å². The fourth-order valence-electron chi connectivity index (χ4n) is 14.9. The van der Waals surface area contributed by atoms with Gasteiger partial charge >= 0.3 is 25.8 Å². The number of para-hydroxylation sites is 4. The molecule has 13 rings (SSSR count). The second kappa shape index (κ2) is 52.2. The number of aromatic hydroxyl groups is 2. The van der Waals surface area contributed by atoms with E-state index < -0.39 is 0 Å². The van der Waals surface area contributed by atoms with Gasteiger partial charge in [0.2, 0.25) is 0 Å². The van der Waals surface area contributed by atoms with Crippen molar-refractivity contribution in [3.8, 4) is 34.2 Å². The normalized spacial score (nSPS) is 11.1. The van der Waals surface area contributed by atoms with Gasteiger partial charge in [0.25, 0.3) is 0 Å². The third kappa shape index (κ3) is 34.1. The minimum absolute atomic E-state index is 0. The van der Waals surface area contributed by atoms with Crippen LogP contribution in [0.15, 0.2) is 274 Å². The Morgan fingerprint density at radius 2 is 0.372 bits per heavy atom. The van der Waals surface area contributed by atoms with Crippen LogP contribution in [0.2, 0.25) is 0 Å². The van der Waals surface area contributed by atoms with Crippen molar-refractivity contribution in [2.45, 2.75) is 277 Å². The Bertz CT molecular complexity index is 4780. The van der Waals surface area contributed by atoms with E-state index in [2.05, 4.69) is 339 Å². The first kappa shape index (κ1) is 113. The molecule has 0 saturated heterocycles. The molecule has 684 valence electrons. The van der Waals surface area contributed by atoms with Crippen molar-refractivity contribution in [1.82, 2.24) is 18.3 Å². The summed E-state index contributed by atoms with van der Waals surface area (Å²) in [6.45, 7) is 83.7. The zero-order valence-electron chi connectivity index (χ0n) is 84.2. The molecule has 0 aliphatic heterocycles. The molecule has 0 spiro atoms. The Morgan fingerprint density at radius 3 is 0.473 bits per heavy atom. The Hall–Kier alpha value is -9.87. The predicted molar refractivity (Wildman–Crippen MR) is 551 cm³/mol. The van der Waals surface area contributed by atoms with Gasteiger partial charge < -0.3 is 39.3 Å². The number of phenolic OH excluding ortho intramolecular Hbond substituents is 2. The van der Waals surface area contributed by atoms with Crippen LogP contribution in [0.1, 0.15) is 347 Å². The second-order valence-electron chi connectivity index (χ2n) is 39.9. The van der Waals surface area contributed by atoms with Gasteiger partial charge in [-0.25, -0.2) is 0 Å². The number of nitrogens with zero attached hydrogens (tertiary/aromatic N) is 6. The van der Waals surface area contributed by atoms with E-state index in [1.807, 2.05) is 195 Å². The maximum atomic E-state index is 11.5. The minimum atomic E-state index is -0.0178. The standard InChI is InChI=1S/2C27H36N3.2C15H24O.5C7H7.2Hf/c2*1-17(2)21-11-9-12-22(18(3)4)25(21)29-15-16-30(27(29)28)26-23(19(5)6)13-10-14-24(26)20(7)8;2*1-10-8-11(14(2,3)4)13(16)12(9-10)15(5,6)7;5*1-7-5-3-2-4-6-7;;/h2*9-20H,1-8H3;2*8-9,16H,1-7H3;5*2-6H,1H2;;/q2*-1;;;5*-1;;+4. The first-order valence-electron chi connectivity index (χ1n) is 45.5. The van der Waals surface area contributed by atoms with Gasteiger partial charge in [-0.1, -0.05) is 332 Å². The molecule has 129 heavy (non-hydrogen) atoms. The third-order valence-electron chi connectivity index (χ3n) is 21.9. The summed E-state index contributed by atoms with van der Waals surface area (Å²) in [7, 11) is 0. The zero-order chi connectivity index (χ0) is 95.3. The summed E-state index contributed by atoms with van der Waals surface area (Å²) < 4.78 is 7.86. The van der Waals surface area contributed by atoms with Gasteiger partial charge in [-0.2, -0.15) is 123 Å². The fourth-order valence-corrected chi connectivity index (χ4v) is 14.9. The summed E-state index contributed by atoms with van der Waals surface area (Å²) in [5, 5.41) is 43.7. The summed E-state index contributed by atoms with van der Waals surface area (Å²) in [5.74, 6) is 3.84. The number of benzene rings is 11. The monoisotopic (exact) mass is 2060 g/mol. The molecule has 0 aliphatic carbocycles. The minimum Gasteiger partial charge on any atom is -0.507 e. The van der Waals surface area contributed by atoms with Crippen molar-refractivity contribution >= 4 is 0 Å². The van der Waals surface area contributed by atoms with Crippen molar-refractivity contribution in [1.29, 1.82) is 0 Å². The summed E-state index contributed by atoms with van der Waals surface area (Å²) in [5.41, 5.74) is 26.8. The summed E-state index contributed by atoms with van der Waals surface area (Å²) >= 11 is 0. The van der Waals surface area contributed by atoms with Crippen LogP contribution in [0.25, 0.3) is 33.6 Å². The first-order chi connectivity index (χ1) is 59.3. The summed E-state index contributed by atoms with van der Waals surface area (Å²) in [6.07, 6.45) is 8.01. The maximum Gasteiger partial charge on any atom is 4.00 e. The van der Waals surface area contributed by atoms with Crippen LogP contribution in [-0.2, 0) is 73.3 Å². The van der Waals surface area contributed by atoms with Crippen LogP contribution in [-0.4, -0.2) is 28.5 Å². The number of imidazole rings is 2. The van der Waals surface area contributed by atoms with Crippen molar-refractivity contribution in [2.75, 3.05) is 0 Å². The molecule has 13 aromatic rings. The number of aryl methyl sites for hydroxylation is 2. The molecule has 0 atom stereocenters. The van der Waals surface area contributed by atoms with E-state index in [1.165, 1.54) is 55.6 Å². The molecule has 2 heterocycles. The topological polar surface area (TPSA) is 105 Å². The van der Waals surface area contributed by atoms with E-state index in [1.54, 1.807) is 0 Å².